The first-order valence-corrected chi connectivity index (χ1v) is 16.1. The van der Waals surface area contributed by atoms with Gasteiger partial charge in [0.25, 0.3) is 0 Å². The zero-order chi connectivity index (χ0) is 31.7. The predicted octanol–water partition coefficient (Wildman–Crippen LogP) is 4.80. The molecule has 7 nitrogen and oxygen atoms in total. The molecule has 0 N–H and O–H groups in total. The smallest absolute Gasteiger partial charge is 0.550 e. The molecule has 0 bridgehead atoms. The molecule has 0 aliphatic heterocycles. The fraction of sp³-hybridized carbons (Fsp3) is 0.903. The Morgan fingerprint density at radius 1 is 0.475 bits per heavy atom. The zero-order valence-electron chi connectivity index (χ0n) is 27.5. The molecule has 0 aliphatic rings. The van der Waals surface area contributed by atoms with Gasteiger partial charge in [-0.2, -0.15) is 0 Å². The fourth-order valence-corrected chi connectivity index (χ4v) is 3.45. The topological polar surface area (TPSA) is 137 Å². The van der Waals surface area contributed by atoms with E-state index in [9.17, 15) is 33.9 Å². The maximum atomic E-state index is 11.7. The van der Waals surface area contributed by atoms with Crippen LogP contribution in [0.1, 0.15) is 153 Å². The van der Waals surface area contributed by atoms with Gasteiger partial charge in [0.1, 0.15) is 0 Å². The number of carboxylic acid groups (broad SMARTS) is 3. The van der Waals surface area contributed by atoms with E-state index in [-0.39, 0.29) is 38.6 Å². The third-order valence-corrected chi connectivity index (χ3v) is 6.78. The SMILES string of the molecule is CC(C)(C)C(=O)[O-].CC(C)(C)C(=O)[O-].CC(C)(C)C(=O)[O-].CCCCCCCCS(=O)CCCCCCCC.[Tb+3]. The summed E-state index contributed by atoms with van der Waals surface area (Å²) in [6.07, 6.45) is 15.6. The number of carbonyl (C=O) groups is 3. The molecule has 0 heterocycles. The minimum atomic E-state index is -1.01. The first-order valence-electron chi connectivity index (χ1n) is 14.6. The van der Waals surface area contributed by atoms with E-state index in [4.69, 9.17) is 0 Å². The van der Waals surface area contributed by atoms with Crippen molar-refractivity contribution in [1.82, 2.24) is 0 Å². The van der Waals surface area contributed by atoms with E-state index in [2.05, 4.69) is 13.8 Å². The third-order valence-electron chi connectivity index (χ3n) is 5.29. The van der Waals surface area contributed by atoms with Gasteiger partial charge >= 0.3 is 38.6 Å². The second kappa shape index (κ2) is 28.9. The Bertz CT molecular complexity index is 570. The van der Waals surface area contributed by atoms with Crippen LogP contribution in [0.25, 0.3) is 0 Å². The van der Waals surface area contributed by atoms with Crippen LogP contribution in [0.3, 0.4) is 0 Å². The number of aliphatic carboxylic acids is 3. The van der Waals surface area contributed by atoms with Crippen LogP contribution in [0.2, 0.25) is 0 Å². The van der Waals surface area contributed by atoms with Crippen molar-refractivity contribution in [3.05, 3.63) is 0 Å². The van der Waals surface area contributed by atoms with Gasteiger partial charge < -0.3 is 29.7 Å². The summed E-state index contributed by atoms with van der Waals surface area (Å²) in [6, 6.07) is 0. The number of unbranched alkanes of at least 4 members (excludes halogenated alkanes) is 10. The van der Waals surface area contributed by atoms with E-state index >= 15 is 0 Å². The normalized spacial score (nSPS) is 11.0. The number of rotatable bonds is 14. The first-order chi connectivity index (χ1) is 17.6. The molecule has 0 aromatic carbocycles. The van der Waals surface area contributed by atoms with E-state index in [0.29, 0.717) is 0 Å². The number of hydrogen-bond donors (Lipinski definition) is 0. The molecular formula is C31H61O7STb. The Labute approximate surface area is 280 Å². The van der Waals surface area contributed by atoms with E-state index in [0.717, 1.165) is 11.5 Å². The molecule has 9 heteroatoms. The summed E-state index contributed by atoms with van der Waals surface area (Å²) in [5, 5.41) is 29.7. The van der Waals surface area contributed by atoms with E-state index < -0.39 is 45.0 Å². The molecule has 0 amide bonds. The Hall–Kier alpha value is -0.154. The van der Waals surface area contributed by atoms with Gasteiger partial charge in [0, 0.05) is 56.5 Å². The summed E-state index contributed by atoms with van der Waals surface area (Å²) in [6.45, 7) is 18.9. The van der Waals surface area contributed by atoms with Crippen LogP contribution in [0.5, 0.6) is 0 Å². The van der Waals surface area contributed by atoms with Gasteiger partial charge in [0.15, 0.2) is 0 Å². The molecule has 242 valence electrons. The van der Waals surface area contributed by atoms with E-state index in [1.54, 1.807) is 62.3 Å². The zero-order valence-corrected chi connectivity index (χ0v) is 30.5. The average molecular weight is 737 g/mol. The summed E-state index contributed by atoms with van der Waals surface area (Å²) in [5.74, 6) is -1.13. The molecule has 0 rings (SSSR count). The van der Waals surface area contributed by atoms with Gasteiger partial charge in [-0.15, -0.1) is 0 Å². The second-order valence-electron chi connectivity index (χ2n) is 13.0. The Morgan fingerprint density at radius 3 is 0.825 bits per heavy atom. The van der Waals surface area contributed by atoms with Crippen molar-refractivity contribution in [2.75, 3.05) is 11.5 Å². The summed E-state index contributed by atoms with van der Waals surface area (Å²) in [4.78, 5) is 29.7. The van der Waals surface area contributed by atoms with Crippen LogP contribution < -0.4 is 15.3 Å². The van der Waals surface area contributed by atoms with Crippen LogP contribution >= 0.6 is 0 Å². The standard InChI is InChI=1S/C16H34OS.3C5H10O2.Tb/c1-3-5-7-9-11-13-15-18(17)16-14-12-10-8-6-4-2;3*1-5(2,3)4(6)7;/h3-16H2,1-2H3;3*1-3H3,(H,6,7);/q;;;;+3/p-3. The summed E-state index contributed by atoms with van der Waals surface area (Å²) in [5.41, 5.74) is -2.08. The average Bonchev–Trinajstić information content (AvgIpc) is 2.78. The van der Waals surface area contributed by atoms with Gasteiger partial charge in [-0.25, -0.2) is 0 Å². The van der Waals surface area contributed by atoms with Crippen LogP contribution in [0.4, 0.5) is 0 Å². The Balaban J connectivity index is -0.000000154. The largest absolute Gasteiger partial charge is 3.00 e. The third kappa shape index (κ3) is 44.9. The number of carboxylic acids is 3. The first kappa shape index (κ1) is 49.5. The number of hydrogen-bond acceptors (Lipinski definition) is 7. The van der Waals surface area contributed by atoms with E-state index in [1.807, 2.05) is 0 Å². The van der Waals surface area contributed by atoms with Crippen molar-refractivity contribution >= 4 is 28.7 Å². The Kier molecular flexibility index (Phi) is 35.8. The molecule has 0 atom stereocenters. The molecule has 0 saturated heterocycles. The van der Waals surface area contributed by atoms with Crippen molar-refractivity contribution in [1.29, 1.82) is 0 Å². The molecule has 0 radical (unpaired) electrons. The Morgan fingerprint density at radius 2 is 0.650 bits per heavy atom. The minimum Gasteiger partial charge on any atom is -0.550 e. The number of carbonyl (C=O) groups excluding carboxylic acids is 3. The molecule has 0 aromatic heterocycles. The fourth-order valence-electron chi connectivity index (χ4n) is 2.19. The second-order valence-corrected chi connectivity index (χ2v) is 14.7. The predicted molar refractivity (Wildman–Crippen MR) is 158 cm³/mol. The molecule has 0 spiro atoms. The van der Waals surface area contributed by atoms with Crippen molar-refractivity contribution in [2.45, 2.75) is 153 Å². The quantitative estimate of drug-likeness (QED) is 0.234. The van der Waals surface area contributed by atoms with Gasteiger partial charge in [0.2, 0.25) is 0 Å². The minimum absolute atomic E-state index is 0. The van der Waals surface area contributed by atoms with Gasteiger partial charge in [0.05, 0.1) is 0 Å². The van der Waals surface area contributed by atoms with Gasteiger partial charge in [-0.1, -0.05) is 140 Å². The molecule has 0 saturated carbocycles. The monoisotopic (exact) mass is 736 g/mol. The molecular weight excluding hydrogens is 675 g/mol. The molecule has 0 fully saturated rings. The maximum Gasteiger partial charge on any atom is 3.00 e. The molecule has 0 aromatic rings. The van der Waals surface area contributed by atoms with Crippen molar-refractivity contribution in [2.24, 2.45) is 16.2 Å². The summed E-state index contributed by atoms with van der Waals surface area (Å²) < 4.78 is 11.7. The van der Waals surface area contributed by atoms with Crippen LogP contribution in [0, 0.1) is 54.9 Å². The van der Waals surface area contributed by atoms with E-state index in [1.165, 1.54) is 77.0 Å². The molecule has 0 unspecified atom stereocenters. The van der Waals surface area contributed by atoms with Crippen LogP contribution in [-0.4, -0.2) is 33.6 Å². The van der Waals surface area contributed by atoms with Crippen molar-refractivity contribution in [3.8, 4) is 0 Å². The van der Waals surface area contributed by atoms with Crippen molar-refractivity contribution in [3.63, 3.8) is 0 Å². The van der Waals surface area contributed by atoms with Crippen LogP contribution in [-0.2, 0) is 25.2 Å². The van der Waals surface area contributed by atoms with Crippen molar-refractivity contribution < 1.29 is 72.5 Å². The molecule has 0 aliphatic carbocycles. The molecule has 40 heavy (non-hydrogen) atoms. The summed E-state index contributed by atoms with van der Waals surface area (Å²) >= 11 is 0. The van der Waals surface area contributed by atoms with Gasteiger partial charge in [-0.05, 0) is 12.8 Å². The van der Waals surface area contributed by atoms with Crippen LogP contribution in [0.15, 0.2) is 0 Å². The summed E-state index contributed by atoms with van der Waals surface area (Å²) in [7, 11) is -0.534. The van der Waals surface area contributed by atoms with Gasteiger partial charge in [-0.3, -0.25) is 4.21 Å². The maximum absolute atomic E-state index is 11.7.